The molecule has 2 heterocycles. The molecule has 1 aliphatic rings. The van der Waals surface area contributed by atoms with Gasteiger partial charge in [0.2, 0.25) is 0 Å². The van der Waals surface area contributed by atoms with Crippen molar-refractivity contribution in [3.8, 4) is 0 Å². The van der Waals surface area contributed by atoms with E-state index in [4.69, 9.17) is 0 Å². The normalized spacial score (nSPS) is 17.5. The standard InChI is InChI=1S/C11H11NO2S/c1-8(6-9-4-5-15-7-9)12-10(13)2-3-11(12)14/h2-5,7-8H,6H2,1H3. The molecule has 0 saturated heterocycles. The molecular formula is C11H11NO2S. The Morgan fingerprint density at radius 2 is 2.00 bits per heavy atom. The lowest BCUT2D eigenvalue weighted by Gasteiger charge is -2.21. The molecule has 1 aromatic heterocycles. The monoisotopic (exact) mass is 221 g/mol. The SMILES string of the molecule is CC(Cc1ccsc1)N1C(=O)C=CC1=O. The van der Waals surface area contributed by atoms with Crippen LogP contribution in [0.3, 0.4) is 0 Å². The molecule has 0 bridgehead atoms. The van der Waals surface area contributed by atoms with Crippen LogP contribution in [-0.4, -0.2) is 22.8 Å². The quantitative estimate of drug-likeness (QED) is 0.727. The molecule has 1 aromatic rings. The third-order valence-corrected chi connectivity index (χ3v) is 3.13. The molecule has 0 aliphatic carbocycles. The summed E-state index contributed by atoms with van der Waals surface area (Å²) in [5.41, 5.74) is 1.17. The topological polar surface area (TPSA) is 37.4 Å². The van der Waals surface area contributed by atoms with E-state index in [0.29, 0.717) is 0 Å². The van der Waals surface area contributed by atoms with Crippen molar-refractivity contribution in [3.63, 3.8) is 0 Å². The lowest BCUT2D eigenvalue weighted by Crippen LogP contribution is -2.39. The fourth-order valence-electron chi connectivity index (χ4n) is 1.69. The van der Waals surface area contributed by atoms with Crippen LogP contribution in [0, 0.1) is 0 Å². The zero-order valence-corrected chi connectivity index (χ0v) is 9.16. The maximum absolute atomic E-state index is 11.4. The number of imide groups is 1. The highest BCUT2D eigenvalue weighted by atomic mass is 32.1. The van der Waals surface area contributed by atoms with Gasteiger partial charge in [0.05, 0.1) is 0 Å². The van der Waals surface area contributed by atoms with Crippen molar-refractivity contribution in [2.24, 2.45) is 0 Å². The Morgan fingerprint density at radius 3 is 2.53 bits per heavy atom. The second-order valence-corrected chi connectivity index (χ2v) is 4.34. The van der Waals surface area contributed by atoms with Gasteiger partial charge in [0.25, 0.3) is 11.8 Å². The van der Waals surface area contributed by atoms with Gasteiger partial charge in [-0.3, -0.25) is 14.5 Å². The number of carbonyl (C=O) groups excluding carboxylic acids is 2. The number of carbonyl (C=O) groups is 2. The first-order chi connectivity index (χ1) is 7.18. The van der Waals surface area contributed by atoms with E-state index in [-0.39, 0.29) is 17.9 Å². The molecule has 0 N–H and O–H groups in total. The summed E-state index contributed by atoms with van der Waals surface area (Å²) in [6.45, 7) is 1.89. The Bertz CT molecular complexity index is 390. The van der Waals surface area contributed by atoms with Crippen molar-refractivity contribution < 1.29 is 9.59 Å². The van der Waals surface area contributed by atoms with Gasteiger partial charge in [-0.25, -0.2) is 0 Å². The van der Waals surface area contributed by atoms with Crippen molar-refractivity contribution in [1.29, 1.82) is 0 Å². The fraction of sp³-hybridized carbons (Fsp3) is 0.273. The van der Waals surface area contributed by atoms with Crippen molar-refractivity contribution in [2.75, 3.05) is 0 Å². The molecule has 2 amide bonds. The Morgan fingerprint density at radius 1 is 1.33 bits per heavy atom. The van der Waals surface area contributed by atoms with Crippen molar-refractivity contribution in [2.45, 2.75) is 19.4 Å². The number of thiophene rings is 1. The third kappa shape index (κ3) is 1.99. The molecule has 2 rings (SSSR count). The molecule has 1 unspecified atom stereocenters. The smallest absolute Gasteiger partial charge is 0.253 e. The lowest BCUT2D eigenvalue weighted by molar-refractivity contribution is -0.139. The van der Waals surface area contributed by atoms with Gasteiger partial charge >= 0.3 is 0 Å². The first kappa shape index (κ1) is 10.1. The summed E-state index contributed by atoms with van der Waals surface area (Å²) in [5.74, 6) is -0.412. The van der Waals surface area contributed by atoms with Crippen molar-refractivity contribution >= 4 is 23.2 Å². The third-order valence-electron chi connectivity index (χ3n) is 2.40. The van der Waals surface area contributed by atoms with Gasteiger partial charge in [0.1, 0.15) is 0 Å². The van der Waals surface area contributed by atoms with Crippen LogP contribution in [0.15, 0.2) is 29.0 Å². The minimum Gasteiger partial charge on any atom is -0.272 e. The van der Waals surface area contributed by atoms with Gasteiger partial charge in [-0.15, -0.1) is 0 Å². The summed E-state index contributed by atoms with van der Waals surface area (Å²) in [5, 5.41) is 4.03. The maximum Gasteiger partial charge on any atom is 0.253 e. The highest BCUT2D eigenvalue weighted by Crippen LogP contribution is 2.15. The maximum atomic E-state index is 11.4. The number of hydrogen-bond acceptors (Lipinski definition) is 3. The lowest BCUT2D eigenvalue weighted by atomic mass is 10.1. The summed E-state index contributed by atoms with van der Waals surface area (Å²) in [6, 6.07) is 1.94. The second kappa shape index (κ2) is 3.98. The molecule has 0 fully saturated rings. The average Bonchev–Trinajstić information content (AvgIpc) is 2.77. The minimum absolute atomic E-state index is 0.0744. The molecule has 1 atom stereocenters. The van der Waals surface area contributed by atoms with Crippen LogP contribution in [-0.2, 0) is 16.0 Å². The zero-order chi connectivity index (χ0) is 10.8. The van der Waals surface area contributed by atoms with Gasteiger partial charge in [-0.1, -0.05) is 0 Å². The number of amides is 2. The molecule has 0 saturated carbocycles. The van der Waals surface area contributed by atoms with Gasteiger partial charge in [-0.2, -0.15) is 11.3 Å². The predicted octanol–water partition coefficient (Wildman–Crippen LogP) is 1.60. The second-order valence-electron chi connectivity index (χ2n) is 3.56. The first-order valence-electron chi connectivity index (χ1n) is 4.75. The fourth-order valence-corrected chi connectivity index (χ4v) is 2.37. The van der Waals surface area contributed by atoms with E-state index in [1.54, 1.807) is 11.3 Å². The summed E-state index contributed by atoms with van der Waals surface area (Å²) >= 11 is 1.62. The Labute approximate surface area is 92.0 Å². The molecule has 1 aliphatic heterocycles. The van der Waals surface area contributed by atoms with E-state index in [1.165, 1.54) is 22.6 Å². The largest absolute Gasteiger partial charge is 0.272 e. The van der Waals surface area contributed by atoms with E-state index < -0.39 is 0 Å². The Hall–Kier alpha value is -1.42. The summed E-state index contributed by atoms with van der Waals surface area (Å²) in [6.07, 6.45) is 3.38. The van der Waals surface area contributed by atoms with Crippen LogP contribution in [0.2, 0.25) is 0 Å². The van der Waals surface area contributed by atoms with Crippen molar-refractivity contribution in [1.82, 2.24) is 4.90 Å². The van der Waals surface area contributed by atoms with Crippen LogP contribution in [0.4, 0.5) is 0 Å². The molecule has 0 radical (unpaired) electrons. The van der Waals surface area contributed by atoms with Crippen LogP contribution in [0.5, 0.6) is 0 Å². The molecule has 78 valence electrons. The zero-order valence-electron chi connectivity index (χ0n) is 8.34. The highest BCUT2D eigenvalue weighted by Gasteiger charge is 2.28. The molecule has 0 spiro atoms. The van der Waals surface area contributed by atoms with E-state index >= 15 is 0 Å². The number of rotatable bonds is 3. The van der Waals surface area contributed by atoms with E-state index in [9.17, 15) is 9.59 Å². The van der Waals surface area contributed by atoms with Crippen LogP contribution in [0.25, 0.3) is 0 Å². The Kier molecular flexibility index (Phi) is 2.68. The van der Waals surface area contributed by atoms with E-state index in [2.05, 4.69) is 0 Å². The van der Waals surface area contributed by atoms with Crippen molar-refractivity contribution in [3.05, 3.63) is 34.5 Å². The molecular weight excluding hydrogens is 210 g/mol. The van der Waals surface area contributed by atoms with E-state index in [1.807, 2.05) is 23.8 Å². The first-order valence-corrected chi connectivity index (χ1v) is 5.69. The molecule has 3 nitrogen and oxygen atoms in total. The molecule has 0 aromatic carbocycles. The van der Waals surface area contributed by atoms with Crippen LogP contribution < -0.4 is 0 Å². The summed E-state index contributed by atoms with van der Waals surface area (Å²) in [4.78, 5) is 24.1. The number of nitrogens with zero attached hydrogens (tertiary/aromatic N) is 1. The van der Waals surface area contributed by atoms with Crippen LogP contribution in [0.1, 0.15) is 12.5 Å². The Balaban J connectivity index is 2.05. The van der Waals surface area contributed by atoms with E-state index in [0.717, 1.165) is 6.42 Å². The highest BCUT2D eigenvalue weighted by molar-refractivity contribution is 7.07. The van der Waals surface area contributed by atoms with Gasteiger partial charge in [0, 0.05) is 18.2 Å². The summed E-state index contributed by atoms with van der Waals surface area (Å²) in [7, 11) is 0. The summed E-state index contributed by atoms with van der Waals surface area (Å²) < 4.78 is 0. The molecule has 4 heteroatoms. The predicted molar refractivity (Wildman–Crippen MR) is 58.5 cm³/mol. The number of hydrogen-bond donors (Lipinski definition) is 0. The van der Waals surface area contributed by atoms with Crippen LogP contribution >= 0.6 is 11.3 Å². The van der Waals surface area contributed by atoms with Gasteiger partial charge < -0.3 is 0 Å². The average molecular weight is 221 g/mol. The van der Waals surface area contributed by atoms with Gasteiger partial charge in [-0.05, 0) is 35.7 Å². The van der Waals surface area contributed by atoms with Gasteiger partial charge in [0.15, 0.2) is 0 Å². The minimum atomic E-state index is -0.206. The molecule has 15 heavy (non-hydrogen) atoms.